The molecule has 0 fully saturated rings. The fraction of sp³-hybridized carbons (Fsp3) is 0.0952. The van der Waals surface area contributed by atoms with E-state index in [-0.39, 0.29) is 28.2 Å². The summed E-state index contributed by atoms with van der Waals surface area (Å²) in [6.45, 7) is -1.50. The largest absolute Gasteiger partial charge is 0.483 e. The second-order valence-electron chi connectivity index (χ2n) is 6.52. The molecule has 3 aromatic heterocycles. The molecule has 4 rings (SSSR count). The van der Waals surface area contributed by atoms with Gasteiger partial charge in [0.1, 0.15) is 22.9 Å². The van der Waals surface area contributed by atoms with Crippen LogP contribution in [0.4, 0.5) is 23.2 Å². The summed E-state index contributed by atoms with van der Waals surface area (Å²) in [5.74, 6) is -1.30. The number of carbonyl (C=O) groups is 1. The van der Waals surface area contributed by atoms with Crippen molar-refractivity contribution in [1.29, 1.82) is 0 Å². The van der Waals surface area contributed by atoms with E-state index in [1.54, 1.807) is 24.4 Å². The van der Waals surface area contributed by atoms with Crippen LogP contribution < -0.4 is 10.1 Å². The van der Waals surface area contributed by atoms with E-state index in [0.717, 1.165) is 12.3 Å². The highest BCUT2D eigenvalue weighted by Crippen LogP contribution is 2.34. The number of imidazole rings is 1. The van der Waals surface area contributed by atoms with E-state index in [4.69, 9.17) is 4.74 Å². The van der Waals surface area contributed by atoms with Crippen LogP contribution in [0.2, 0.25) is 0 Å². The number of hydrogen-bond donors (Lipinski definition) is 1. The molecule has 0 spiro atoms. The molecule has 1 N–H and O–H groups in total. The van der Waals surface area contributed by atoms with Crippen LogP contribution in [0.15, 0.2) is 67.3 Å². The van der Waals surface area contributed by atoms with Crippen molar-refractivity contribution in [3.05, 3.63) is 78.8 Å². The lowest BCUT2D eigenvalue weighted by Crippen LogP contribution is -2.19. The highest BCUT2D eigenvalue weighted by atomic mass is 19.4. The topological polar surface area (TPSA) is 68.5 Å². The van der Waals surface area contributed by atoms with E-state index >= 15 is 0 Å². The highest BCUT2D eigenvalue weighted by molar-refractivity contribution is 6.03. The Kier molecular flexibility index (Phi) is 5.28. The molecule has 0 saturated heterocycles. The van der Waals surface area contributed by atoms with Gasteiger partial charge in [-0.05, 0) is 24.3 Å². The van der Waals surface area contributed by atoms with Crippen molar-refractivity contribution in [3.8, 4) is 16.9 Å². The molecular formula is C21H14F4N4O2. The van der Waals surface area contributed by atoms with Crippen LogP contribution in [0, 0.1) is 5.82 Å². The second-order valence-corrected chi connectivity index (χ2v) is 6.52. The third kappa shape index (κ3) is 4.63. The number of rotatable bonds is 5. The monoisotopic (exact) mass is 430 g/mol. The molecule has 0 aliphatic carbocycles. The molecule has 0 radical (unpaired) electrons. The molecule has 158 valence electrons. The number of alkyl halides is 3. The third-order valence-electron chi connectivity index (χ3n) is 4.24. The van der Waals surface area contributed by atoms with Crippen LogP contribution in [-0.2, 0) is 0 Å². The zero-order chi connectivity index (χ0) is 22.0. The molecule has 1 aromatic carbocycles. The second kappa shape index (κ2) is 8.05. The summed E-state index contributed by atoms with van der Waals surface area (Å²) < 4.78 is 58.3. The summed E-state index contributed by atoms with van der Waals surface area (Å²) in [6.07, 6.45) is 0.912. The Morgan fingerprint density at radius 3 is 2.65 bits per heavy atom. The minimum atomic E-state index is -4.53. The molecule has 0 saturated carbocycles. The number of ether oxygens (including phenoxy) is 1. The minimum Gasteiger partial charge on any atom is -0.483 e. The molecular weight excluding hydrogens is 416 g/mol. The number of fused-ring (bicyclic) bond motifs is 1. The van der Waals surface area contributed by atoms with Gasteiger partial charge in [-0.25, -0.2) is 9.37 Å². The van der Waals surface area contributed by atoms with Gasteiger partial charge >= 0.3 is 6.18 Å². The van der Waals surface area contributed by atoms with E-state index in [2.05, 4.69) is 15.3 Å². The van der Waals surface area contributed by atoms with Crippen molar-refractivity contribution in [1.82, 2.24) is 14.4 Å². The summed E-state index contributed by atoms with van der Waals surface area (Å²) in [6, 6.07) is 10.3. The number of amides is 1. The molecule has 0 bridgehead atoms. The van der Waals surface area contributed by atoms with Crippen LogP contribution in [0.5, 0.6) is 5.75 Å². The van der Waals surface area contributed by atoms with E-state index in [9.17, 15) is 22.4 Å². The molecule has 31 heavy (non-hydrogen) atoms. The number of para-hydroxylation sites is 1. The molecule has 0 atom stereocenters. The summed E-state index contributed by atoms with van der Waals surface area (Å²) in [5, 5.41) is 2.62. The Morgan fingerprint density at radius 1 is 1.10 bits per heavy atom. The average molecular weight is 430 g/mol. The Balaban J connectivity index is 1.74. The highest BCUT2D eigenvalue weighted by Gasteiger charge is 2.29. The Hall–Kier alpha value is -3.95. The number of pyridine rings is 2. The number of nitrogens with one attached hydrogen (secondary N) is 1. The normalized spacial score (nSPS) is 11.5. The van der Waals surface area contributed by atoms with Crippen molar-refractivity contribution >= 4 is 17.2 Å². The third-order valence-corrected chi connectivity index (χ3v) is 4.24. The summed E-state index contributed by atoms with van der Waals surface area (Å²) in [4.78, 5) is 20.7. The zero-order valence-corrected chi connectivity index (χ0v) is 15.7. The van der Waals surface area contributed by atoms with Gasteiger partial charge in [0.2, 0.25) is 0 Å². The SMILES string of the molecule is O=C(Nc1cccnc1)c1cn2cc(F)cc(-c3ccccc3OCC(F)(F)F)c2n1. The Bertz CT molecular complexity index is 1240. The number of halogens is 4. The molecule has 0 unspecified atom stereocenters. The Labute approximate surface area is 173 Å². The number of nitrogens with zero attached hydrogens (tertiary/aromatic N) is 3. The predicted octanol–water partition coefficient (Wildman–Crippen LogP) is 4.73. The van der Waals surface area contributed by atoms with E-state index in [1.807, 2.05) is 0 Å². The van der Waals surface area contributed by atoms with E-state index in [1.165, 1.54) is 35.0 Å². The number of benzene rings is 1. The molecule has 10 heteroatoms. The van der Waals surface area contributed by atoms with Gasteiger partial charge in [-0.1, -0.05) is 18.2 Å². The fourth-order valence-corrected chi connectivity index (χ4v) is 2.98. The van der Waals surface area contributed by atoms with Crippen LogP contribution >= 0.6 is 0 Å². The van der Waals surface area contributed by atoms with Crippen LogP contribution in [0.25, 0.3) is 16.8 Å². The summed E-state index contributed by atoms with van der Waals surface area (Å²) in [5.41, 5.74) is 1.01. The molecule has 0 aliphatic heterocycles. The smallest absolute Gasteiger partial charge is 0.422 e. The van der Waals surface area contributed by atoms with Gasteiger partial charge in [0.05, 0.1) is 11.9 Å². The first kappa shape index (κ1) is 20.3. The van der Waals surface area contributed by atoms with Crippen molar-refractivity contribution in [2.24, 2.45) is 0 Å². The van der Waals surface area contributed by atoms with Gasteiger partial charge in [-0.15, -0.1) is 0 Å². The average Bonchev–Trinajstić information content (AvgIpc) is 3.16. The first-order valence-electron chi connectivity index (χ1n) is 8.99. The maximum atomic E-state index is 14.3. The number of hydrogen-bond acceptors (Lipinski definition) is 4. The van der Waals surface area contributed by atoms with Crippen LogP contribution in [-0.4, -0.2) is 33.1 Å². The quantitative estimate of drug-likeness (QED) is 0.465. The lowest BCUT2D eigenvalue weighted by atomic mass is 10.1. The fourth-order valence-electron chi connectivity index (χ4n) is 2.98. The van der Waals surface area contributed by atoms with Crippen molar-refractivity contribution in [2.75, 3.05) is 11.9 Å². The maximum Gasteiger partial charge on any atom is 0.422 e. The Morgan fingerprint density at radius 2 is 1.90 bits per heavy atom. The van der Waals surface area contributed by atoms with E-state index < -0.39 is 24.5 Å². The lowest BCUT2D eigenvalue weighted by Gasteiger charge is -2.13. The molecule has 1 amide bonds. The zero-order valence-electron chi connectivity index (χ0n) is 15.7. The van der Waals surface area contributed by atoms with Gasteiger partial charge in [0.25, 0.3) is 5.91 Å². The number of carbonyl (C=O) groups excluding carboxylic acids is 1. The van der Waals surface area contributed by atoms with Gasteiger partial charge in [0.15, 0.2) is 6.61 Å². The van der Waals surface area contributed by atoms with Crippen molar-refractivity contribution in [2.45, 2.75) is 6.18 Å². The minimum absolute atomic E-state index is 0.00982. The van der Waals surface area contributed by atoms with Gasteiger partial charge in [-0.3, -0.25) is 9.78 Å². The summed E-state index contributed by atoms with van der Waals surface area (Å²) >= 11 is 0. The van der Waals surface area contributed by atoms with Gasteiger partial charge < -0.3 is 14.5 Å². The van der Waals surface area contributed by atoms with Crippen molar-refractivity contribution < 1.29 is 27.1 Å². The van der Waals surface area contributed by atoms with Crippen LogP contribution in [0.1, 0.15) is 10.5 Å². The number of aromatic nitrogens is 3. The van der Waals surface area contributed by atoms with Crippen molar-refractivity contribution in [3.63, 3.8) is 0 Å². The summed E-state index contributed by atoms with van der Waals surface area (Å²) in [7, 11) is 0. The predicted molar refractivity (Wildman–Crippen MR) is 104 cm³/mol. The van der Waals surface area contributed by atoms with Crippen LogP contribution in [0.3, 0.4) is 0 Å². The lowest BCUT2D eigenvalue weighted by molar-refractivity contribution is -0.153. The van der Waals surface area contributed by atoms with Gasteiger partial charge in [-0.2, -0.15) is 13.2 Å². The molecule has 0 aliphatic rings. The first-order valence-corrected chi connectivity index (χ1v) is 8.99. The molecule has 6 nitrogen and oxygen atoms in total. The molecule has 4 aromatic rings. The van der Waals surface area contributed by atoms with E-state index in [0.29, 0.717) is 5.69 Å². The first-order chi connectivity index (χ1) is 14.8. The van der Waals surface area contributed by atoms with Gasteiger partial charge in [0, 0.05) is 29.7 Å². The number of anilines is 1. The standard InChI is InChI=1S/C21H14F4N4O2/c22-13-8-16(15-5-1-2-6-18(15)31-12-21(23,24)25)19-28-17(11-29(19)10-13)20(30)27-14-4-3-7-26-9-14/h1-11H,12H2,(H,27,30). The molecule has 3 heterocycles. The maximum absolute atomic E-state index is 14.3.